The number of nitrogens with one attached hydrogen (secondary N) is 2. The Morgan fingerprint density at radius 3 is 2.79 bits per heavy atom. The van der Waals surface area contributed by atoms with Gasteiger partial charge in [0.05, 0.1) is 30.3 Å². The van der Waals surface area contributed by atoms with Crippen molar-refractivity contribution in [1.82, 2.24) is 25.5 Å². The van der Waals surface area contributed by atoms with E-state index in [-0.39, 0.29) is 12.4 Å². The number of carbonyl (C=O) groups is 1. The number of halogens is 1. The van der Waals surface area contributed by atoms with Crippen molar-refractivity contribution in [3.05, 3.63) is 90.0 Å². The van der Waals surface area contributed by atoms with Crippen LogP contribution in [0.3, 0.4) is 0 Å². The topological polar surface area (TPSA) is 113 Å². The van der Waals surface area contributed by atoms with Crippen LogP contribution in [0.5, 0.6) is 0 Å². The number of rotatable bonds is 8. The lowest BCUT2D eigenvalue weighted by atomic mass is 10.1. The maximum absolute atomic E-state index is 13.9. The number of aromatic nitrogens is 4. The summed E-state index contributed by atoms with van der Waals surface area (Å²) in [4.78, 5) is 22.4. The van der Waals surface area contributed by atoms with Gasteiger partial charge in [-0.05, 0) is 47.5 Å². The Hall–Kier alpha value is -4.37. The number of amides is 1. The van der Waals surface area contributed by atoms with Crippen LogP contribution in [-0.4, -0.2) is 32.6 Å². The molecule has 5 rings (SSSR count). The summed E-state index contributed by atoms with van der Waals surface area (Å²) in [5, 5.41) is 11.9. The number of nitrogens with zero attached hydrogens (tertiary/aromatic N) is 4. The molecule has 2 aromatic heterocycles. The SMILES string of the molecule is NC(=O)CNCc1ccc2cnc(N(Cc3cccc(F)c3)c3ccc4[nH]ncc4c3)nc2c1. The van der Waals surface area contributed by atoms with Gasteiger partial charge >= 0.3 is 0 Å². The summed E-state index contributed by atoms with van der Waals surface area (Å²) < 4.78 is 13.9. The maximum atomic E-state index is 13.9. The fourth-order valence-electron chi connectivity index (χ4n) is 3.82. The maximum Gasteiger partial charge on any atom is 0.231 e. The zero-order valence-electron chi connectivity index (χ0n) is 18.2. The number of H-pyrrole nitrogens is 1. The Balaban J connectivity index is 1.53. The molecule has 1 amide bonds. The highest BCUT2D eigenvalue weighted by atomic mass is 19.1. The smallest absolute Gasteiger partial charge is 0.231 e. The third-order valence-electron chi connectivity index (χ3n) is 5.47. The van der Waals surface area contributed by atoms with Crippen molar-refractivity contribution in [2.75, 3.05) is 11.4 Å². The van der Waals surface area contributed by atoms with Crippen molar-refractivity contribution in [3.63, 3.8) is 0 Å². The summed E-state index contributed by atoms with van der Waals surface area (Å²) in [6.07, 6.45) is 3.53. The van der Waals surface area contributed by atoms with Crippen molar-refractivity contribution >= 4 is 39.3 Å². The summed E-state index contributed by atoms with van der Waals surface area (Å²) >= 11 is 0. The van der Waals surface area contributed by atoms with Gasteiger partial charge in [0.25, 0.3) is 0 Å². The van der Waals surface area contributed by atoms with E-state index in [1.54, 1.807) is 18.5 Å². The molecule has 8 nitrogen and oxygen atoms in total. The summed E-state index contributed by atoms with van der Waals surface area (Å²) in [5.41, 5.74) is 9.50. The molecule has 0 aliphatic heterocycles. The molecule has 0 spiro atoms. The predicted molar refractivity (Wildman–Crippen MR) is 129 cm³/mol. The monoisotopic (exact) mass is 455 g/mol. The number of hydrogen-bond donors (Lipinski definition) is 3. The molecule has 0 aliphatic rings. The largest absolute Gasteiger partial charge is 0.369 e. The minimum atomic E-state index is -0.409. The second kappa shape index (κ2) is 9.24. The van der Waals surface area contributed by atoms with Crippen LogP contribution in [0.1, 0.15) is 11.1 Å². The first-order chi connectivity index (χ1) is 16.5. The third-order valence-corrected chi connectivity index (χ3v) is 5.47. The Morgan fingerprint density at radius 1 is 1.03 bits per heavy atom. The molecule has 0 unspecified atom stereocenters. The fraction of sp³-hybridized carbons (Fsp3) is 0.120. The van der Waals surface area contributed by atoms with Gasteiger partial charge in [0.1, 0.15) is 5.82 Å². The normalized spacial score (nSPS) is 11.2. The molecule has 4 N–H and O–H groups in total. The van der Waals surface area contributed by atoms with E-state index in [0.717, 1.165) is 38.6 Å². The highest BCUT2D eigenvalue weighted by Crippen LogP contribution is 2.29. The van der Waals surface area contributed by atoms with Crippen molar-refractivity contribution in [2.45, 2.75) is 13.1 Å². The first-order valence-corrected chi connectivity index (χ1v) is 10.7. The molecule has 5 aromatic rings. The second-order valence-electron chi connectivity index (χ2n) is 7.99. The van der Waals surface area contributed by atoms with Gasteiger partial charge in [-0.3, -0.25) is 9.89 Å². The van der Waals surface area contributed by atoms with Crippen LogP contribution in [0.4, 0.5) is 16.0 Å². The van der Waals surface area contributed by atoms with Crippen LogP contribution in [0.2, 0.25) is 0 Å². The molecule has 9 heteroatoms. The van der Waals surface area contributed by atoms with Crippen molar-refractivity contribution in [1.29, 1.82) is 0 Å². The molecule has 0 radical (unpaired) electrons. The molecule has 0 saturated carbocycles. The van der Waals surface area contributed by atoms with E-state index in [2.05, 4.69) is 20.5 Å². The van der Waals surface area contributed by atoms with Gasteiger partial charge < -0.3 is 16.0 Å². The van der Waals surface area contributed by atoms with Gasteiger partial charge in [-0.2, -0.15) is 5.10 Å². The Bertz CT molecular complexity index is 1480. The molecule has 3 aromatic carbocycles. The van der Waals surface area contributed by atoms with Crippen LogP contribution in [0, 0.1) is 5.82 Å². The Kier molecular flexibility index (Phi) is 5.84. The first-order valence-electron chi connectivity index (χ1n) is 10.7. The van der Waals surface area contributed by atoms with Crippen LogP contribution < -0.4 is 16.0 Å². The van der Waals surface area contributed by atoms with E-state index >= 15 is 0 Å². The molecule has 0 atom stereocenters. The average Bonchev–Trinajstić information content (AvgIpc) is 3.30. The van der Waals surface area contributed by atoms with Crippen LogP contribution >= 0.6 is 0 Å². The van der Waals surface area contributed by atoms with Gasteiger partial charge in [-0.25, -0.2) is 14.4 Å². The minimum Gasteiger partial charge on any atom is -0.369 e. The molecular weight excluding hydrogens is 433 g/mol. The third kappa shape index (κ3) is 4.69. The number of anilines is 2. The fourth-order valence-corrected chi connectivity index (χ4v) is 3.82. The quantitative estimate of drug-likeness (QED) is 0.330. The molecular formula is C25H22FN7O. The number of hydrogen-bond acceptors (Lipinski definition) is 6. The highest BCUT2D eigenvalue weighted by Gasteiger charge is 2.15. The van der Waals surface area contributed by atoms with Gasteiger partial charge in [0.15, 0.2) is 0 Å². The van der Waals surface area contributed by atoms with Crippen molar-refractivity contribution < 1.29 is 9.18 Å². The van der Waals surface area contributed by atoms with E-state index in [0.29, 0.717) is 19.0 Å². The van der Waals surface area contributed by atoms with Gasteiger partial charge in [-0.1, -0.05) is 24.3 Å². The van der Waals surface area contributed by atoms with E-state index in [1.165, 1.54) is 12.1 Å². The molecule has 0 fully saturated rings. The Labute approximate surface area is 194 Å². The van der Waals surface area contributed by atoms with Gasteiger partial charge in [0, 0.05) is 29.2 Å². The van der Waals surface area contributed by atoms with Crippen molar-refractivity contribution in [3.8, 4) is 0 Å². The molecule has 0 bridgehead atoms. The van der Waals surface area contributed by atoms with E-state index in [4.69, 9.17) is 10.7 Å². The number of benzene rings is 3. The predicted octanol–water partition coefficient (Wildman–Crippen LogP) is 3.56. The lowest BCUT2D eigenvalue weighted by Gasteiger charge is -2.23. The average molecular weight is 455 g/mol. The second-order valence-corrected chi connectivity index (χ2v) is 7.99. The first kappa shape index (κ1) is 21.5. The van der Waals surface area contributed by atoms with Crippen LogP contribution in [-0.2, 0) is 17.9 Å². The van der Waals surface area contributed by atoms with Crippen LogP contribution in [0.25, 0.3) is 21.8 Å². The summed E-state index contributed by atoms with van der Waals surface area (Å²) in [5.74, 6) is -0.217. The molecule has 2 heterocycles. The number of aromatic amines is 1. The van der Waals surface area contributed by atoms with Crippen LogP contribution in [0.15, 0.2) is 73.1 Å². The van der Waals surface area contributed by atoms with E-state index < -0.39 is 5.91 Å². The van der Waals surface area contributed by atoms with Gasteiger partial charge in [0.2, 0.25) is 11.9 Å². The number of carbonyl (C=O) groups excluding carboxylic acids is 1. The standard InChI is InChI=1S/C25H22FN7O/c26-20-3-1-2-17(8-20)15-33(21-6-7-22-19(10-21)13-30-32-22)25-29-12-18-5-4-16(9-23(18)31-25)11-28-14-24(27)34/h1-10,12-13,28H,11,14-15H2,(H2,27,34)(H,30,32). The molecule has 170 valence electrons. The zero-order chi connectivity index (χ0) is 23.5. The lowest BCUT2D eigenvalue weighted by Crippen LogP contribution is -2.28. The zero-order valence-corrected chi connectivity index (χ0v) is 18.2. The lowest BCUT2D eigenvalue weighted by molar-refractivity contribution is -0.117. The van der Waals surface area contributed by atoms with E-state index in [1.807, 2.05) is 47.4 Å². The molecule has 34 heavy (non-hydrogen) atoms. The van der Waals surface area contributed by atoms with Crippen molar-refractivity contribution in [2.24, 2.45) is 5.73 Å². The number of nitrogens with two attached hydrogens (primary N) is 1. The summed E-state index contributed by atoms with van der Waals surface area (Å²) in [7, 11) is 0. The van der Waals surface area contributed by atoms with E-state index in [9.17, 15) is 9.18 Å². The van der Waals surface area contributed by atoms with Gasteiger partial charge in [-0.15, -0.1) is 0 Å². The minimum absolute atomic E-state index is 0.102. The molecule has 0 saturated heterocycles. The number of fused-ring (bicyclic) bond motifs is 2. The summed E-state index contributed by atoms with van der Waals surface area (Å²) in [6, 6.07) is 18.2. The highest BCUT2D eigenvalue weighted by molar-refractivity contribution is 5.84. The summed E-state index contributed by atoms with van der Waals surface area (Å²) in [6.45, 7) is 0.972. The number of primary amides is 1. The molecule has 0 aliphatic carbocycles. The Morgan fingerprint density at radius 2 is 1.94 bits per heavy atom.